The second kappa shape index (κ2) is 4.67. The third-order valence-electron chi connectivity index (χ3n) is 3.71. The molecule has 17 heavy (non-hydrogen) atoms. The number of aliphatic hydroxyl groups is 1. The molecule has 0 unspecified atom stereocenters. The summed E-state index contributed by atoms with van der Waals surface area (Å²) in [5.74, 6) is 1.63. The van der Waals surface area contributed by atoms with Crippen LogP contribution in [0.1, 0.15) is 37.2 Å². The van der Waals surface area contributed by atoms with E-state index in [-0.39, 0.29) is 6.61 Å². The second-order valence-corrected chi connectivity index (χ2v) is 5.01. The van der Waals surface area contributed by atoms with Gasteiger partial charge in [-0.05, 0) is 37.8 Å². The summed E-state index contributed by atoms with van der Waals surface area (Å²) >= 11 is 0. The average molecular weight is 233 g/mol. The van der Waals surface area contributed by atoms with Gasteiger partial charge in [-0.15, -0.1) is 0 Å². The number of furan rings is 1. The van der Waals surface area contributed by atoms with Crippen LogP contribution in [0.2, 0.25) is 0 Å². The van der Waals surface area contributed by atoms with E-state index in [4.69, 9.17) is 9.52 Å². The Morgan fingerprint density at radius 2 is 1.65 bits per heavy atom. The minimum atomic E-state index is -0.00372. The van der Waals surface area contributed by atoms with Gasteiger partial charge in [-0.1, -0.05) is 11.1 Å². The van der Waals surface area contributed by atoms with Crippen LogP contribution >= 0.6 is 0 Å². The summed E-state index contributed by atoms with van der Waals surface area (Å²) in [6.07, 6.45) is 5.19. The first kappa shape index (κ1) is 11.1. The summed E-state index contributed by atoms with van der Waals surface area (Å²) in [6, 6.07) is 3.83. The standard InChI is InChI=1S/C14H19NO2/c16-10-14-4-3-13(17-14)9-15-7-5-12(6-8-15)11-1-2-11/h3-4,16H,1-2,5-10H2. The van der Waals surface area contributed by atoms with Crippen LogP contribution < -0.4 is 0 Å². The van der Waals surface area contributed by atoms with E-state index in [1.807, 2.05) is 12.1 Å². The maximum Gasteiger partial charge on any atom is 0.129 e. The maximum atomic E-state index is 8.95. The zero-order valence-corrected chi connectivity index (χ0v) is 10.1. The quantitative estimate of drug-likeness (QED) is 0.815. The summed E-state index contributed by atoms with van der Waals surface area (Å²) in [6.45, 7) is 3.17. The molecule has 1 saturated heterocycles. The molecule has 0 atom stereocenters. The van der Waals surface area contributed by atoms with Crippen molar-refractivity contribution in [3.05, 3.63) is 34.8 Å². The Hall–Kier alpha value is -1.06. The van der Waals surface area contributed by atoms with Gasteiger partial charge < -0.3 is 9.52 Å². The molecule has 2 fully saturated rings. The minimum absolute atomic E-state index is 0.00372. The molecule has 0 spiro atoms. The molecule has 2 aliphatic rings. The first-order valence-electron chi connectivity index (χ1n) is 6.46. The molecule has 1 aliphatic carbocycles. The van der Waals surface area contributed by atoms with E-state index in [1.165, 1.54) is 25.7 Å². The van der Waals surface area contributed by atoms with Crippen molar-refractivity contribution in [1.82, 2.24) is 4.90 Å². The SMILES string of the molecule is OCc1ccc(CN2CCC(=C3CC3)CC2)o1. The van der Waals surface area contributed by atoms with Crippen molar-refractivity contribution in [2.45, 2.75) is 38.8 Å². The highest BCUT2D eigenvalue weighted by Gasteiger charge is 2.22. The zero-order chi connectivity index (χ0) is 11.7. The molecule has 0 bridgehead atoms. The van der Waals surface area contributed by atoms with Gasteiger partial charge in [0, 0.05) is 13.1 Å². The average Bonchev–Trinajstić information content (AvgIpc) is 3.11. The van der Waals surface area contributed by atoms with Gasteiger partial charge in [0.15, 0.2) is 0 Å². The van der Waals surface area contributed by atoms with E-state index in [0.29, 0.717) is 5.76 Å². The summed E-state index contributed by atoms with van der Waals surface area (Å²) < 4.78 is 5.52. The van der Waals surface area contributed by atoms with Gasteiger partial charge in [0.2, 0.25) is 0 Å². The third-order valence-corrected chi connectivity index (χ3v) is 3.71. The number of allylic oxidation sites excluding steroid dienone is 1. The van der Waals surface area contributed by atoms with Crippen molar-refractivity contribution in [2.24, 2.45) is 0 Å². The van der Waals surface area contributed by atoms with Crippen molar-refractivity contribution < 1.29 is 9.52 Å². The predicted octanol–water partition coefficient (Wildman–Crippen LogP) is 2.46. The molecule has 1 saturated carbocycles. The van der Waals surface area contributed by atoms with Crippen LogP contribution in [-0.2, 0) is 13.2 Å². The smallest absolute Gasteiger partial charge is 0.129 e. The lowest BCUT2D eigenvalue weighted by molar-refractivity contribution is 0.210. The van der Waals surface area contributed by atoms with Crippen molar-refractivity contribution in [1.29, 1.82) is 0 Å². The Kier molecular flexibility index (Phi) is 3.04. The number of hydrogen-bond donors (Lipinski definition) is 1. The monoisotopic (exact) mass is 233 g/mol. The molecule has 0 aromatic carbocycles. The normalized spacial score (nSPS) is 21.0. The summed E-state index contributed by atoms with van der Waals surface area (Å²) in [5.41, 5.74) is 3.45. The van der Waals surface area contributed by atoms with Gasteiger partial charge in [-0.2, -0.15) is 0 Å². The molecule has 1 aromatic heterocycles. The Balaban J connectivity index is 1.54. The molecule has 3 nitrogen and oxygen atoms in total. The third kappa shape index (κ3) is 2.61. The van der Waals surface area contributed by atoms with Crippen molar-refractivity contribution >= 4 is 0 Å². The number of hydrogen-bond acceptors (Lipinski definition) is 3. The predicted molar refractivity (Wildman–Crippen MR) is 65.4 cm³/mol. The van der Waals surface area contributed by atoms with Gasteiger partial charge in [-0.25, -0.2) is 0 Å². The lowest BCUT2D eigenvalue weighted by atomic mass is 10.0. The van der Waals surface area contributed by atoms with Gasteiger partial charge in [0.25, 0.3) is 0 Å². The van der Waals surface area contributed by atoms with Gasteiger partial charge in [0.05, 0.1) is 6.54 Å². The van der Waals surface area contributed by atoms with Crippen molar-refractivity contribution in [3.8, 4) is 0 Å². The van der Waals surface area contributed by atoms with Crippen LogP contribution in [0.25, 0.3) is 0 Å². The van der Waals surface area contributed by atoms with Crippen LogP contribution in [0.3, 0.4) is 0 Å². The van der Waals surface area contributed by atoms with Crippen LogP contribution in [0, 0.1) is 0 Å². The Bertz CT molecular complexity index is 417. The van der Waals surface area contributed by atoms with Crippen molar-refractivity contribution in [2.75, 3.05) is 13.1 Å². The second-order valence-electron chi connectivity index (χ2n) is 5.01. The lowest BCUT2D eigenvalue weighted by Crippen LogP contribution is -2.30. The maximum absolute atomic E-state index is 8.95. The highest BCUT2D eigenvalue weighted by molar-refractivity contribution is 5.26. The minimum Gasteiger partial charge on any atom is -0.462 e. The van der Waals surface area contributed by atoms with E-state index < -0.39 is 0 Å². The molecule has 2 heterocycles. The van der Waals surface area contributed by atoms with Gasteiger partial charge in [-0.3, -0.25) is 4.90 Å². The van der Waals surface area contributed by atoms with Gasteiger partial charge >= 0.3 is 0 Å². The highest BCUT2D eigenvalue weighted by atomic mass is 16.4. The molecule has 1 N–H and O–H groups in total. The number of nitrogens with zero attached hydrogens (tertiary/aromatic N) is 1. The molecule has 92 valence electrons. The Morgan fingerprint density at radius 3 is 2.24 bits per heavy atom. The van der Waals surface area contributed by atoms with Crippen molar-refractivity contribution in [3.63, 3.8) is 0 Å². The molecule has 0 amide bonds. The largest absolute Gasteiger partial charge is 0.462 e. The Labute approximate surface area is 102 Å². The summed E-state index contributed by atoms with van der Waals surface area (Å²) in [5, 5.41) is 8.95. The lowest BCUT2D eigenvalue weighted by Gasteiger charge is -2.27. The van der Waals surface area contributed by atoms with E-state index in [0.717, 1.165) is 25.4 Å². The van der Waals surface area contributed by atoms with Crippen LogP contribution in [0.5, 0.6) is 0 Å². The molecular weight excluding hydrogens is 214 g/mol. The number of aliphatic hydroxyl groups excluding tert-OH is 1. The number of rotatable bonds is 3. The zero-order valence-electron chi connectivity index (χ0n) is 10.1. The van der Waals surface area contributed by atoms with Gasteiger partial charge in [0.1, 0.15) is 18.1 Å². The van der Waals surface area contributed by atoms with E-state index in [2.05, 4.69) is 4.90 Å². The topological polar surface area (TPSA) is 36.6 Å². The van der Waals surface area contributed by atoms with Crippen LogP contribution in [0.15, 0.2) is 27.7 Å². The fourth-order valence-electron chi connectivity index (χ4n) is 2.56. The molecule has 1 aliphatic heterocycles. The Morgan fingerprint density at radius 1 is 1.00 bits per heavy atom. The molecule has 3 heteroatoms. The number of piperidine rings is 1. The first-order chi connectivity index (χ1) is 8.35. The van der Waals surface area contributed by atoms with E-state index in [1.54, 1.807) is 11.1 Å². The molecule has 3 rings (SSSR count). The van der Waals surface area contributed by atoms with Crippen LogP contribution in [-0.4, -0.2) is 23.1 Å². The number of likely N-dealkylation sites (tertiary alicyclic amines) is 1. The molecule has 0 radical (unpaired) electrons. The molecular formula is C14H19NO2. The summed E-state index contributed by atoms with van der Waals surface area (Å²) in [7, 11) is 0. The first-order valence-corrected chi connectivity index (χ1v) is 6.46. The fourth-order valence-corrected chi connectivity index (χ4v) is 2.56. The highest BCUT2D eigenvalue weighted by Crippen LogP contribution is 2.36. The van der Waals surface area contributed by atoms with Crippen LogP contribution in [0.4, 0.5) is 0 Å². The van der Waals surface area contributed by atoms with E-state index >= 15 is 0 Å². The fraction of sp³-hybridized carbons (Fsp3) is 0.571. The van der Waals surface area contributed by atoms with E-state index in [9.17, 15) is 0 Å². The molecule has 1 aromatic rings. The summed E-state index contributed by atoms with van der Waals surface area (Å²) in [4.78, 5) is 2.44.